The topological polar surface area (TPSA) is 61.9 Å². The quantitative estimate of drug-likeness (QED) is 0.844. The standard InChI is InChI=1S/C12H11N3O/c13-8-12(10-3-5-14-6-4-10)15-9-11-2-1-7-16-11/h1-7,12,15H,9H2. The third-order valence-electron chi connectivity index (χ3n) is 2.23. The summed E-state index contributed by atoms with van der Waals surface area (Å²) in [5, 5.41) is 12.2. The molecule has 0 amide bonds. The average Bonchev–Trinajstić information content (AvgIpc) is 2.84. The highest BCUT2D eigenvalue weighted by atomic mass is 16.3. The van der Waals surface area contributed by atoms with Gasteiger partial charge in [-0.15, -0.1) is 0 Å². The number of hydrogen-bond donors (Lipinski definition) is 1. The van der Waals surface area contributed by atoms with E-state index in [-0.39, 0.29) is 6.04 Å². The van der Waals surface area contributed by atoms with Crippen LogP contribution in [0.15, 0.2) is 47.3 Å². The van der Waals surface area contributed by atoms with Crippen LogP contribution in [0.4, 0.5) is 0 Å². The van der Waals surface area contributed by atoms with Gasteiger partial charge in [-0.1, -0.05) is 0 Å². The van der Waals surface area contributed by atoms with Gasteiger partial charge in [0.1, 0.15) is 11.8 Å². The molecule has 0 aromatic carbocycles. The summed E-state index contributed by atoms with van der Waals surface area (Å²) in [5.74, 6) is 0.814. The number of rotatable bonds is 4. The van der Waals surface area contributed by atoms with E-state index in [4.69, 9.17) is 9.68 Å². The Kier molecular flexibility index (Phi) is 3.31. The van der Waals surface area contributed by atoms with Gasteiger partial charge in [-0.2, -0.15) is 5.26 Å². The Morgan fingerprint density at radius 1 is 1.38 bits per heavy atom. The second-order valence-corrected chi connectivity index (χ2v) is 3.30. The molecule has 4 heteroatoms. The monoisotopic (exact) mass is 213 g/mol. The Morgan fingerprint density at radius 2 is 2.19 bits per heavy atom. The van der Waals surface area contributed by atoms with Gasteiger partial charge in [-0.3, -0.25) is 10.3 Å². The minimum absolute atomic E-state index is 0.340. The van der Waals surface area contributed by atoms with Crippen LogP contribution in [0.5, 0.6) is 0 Å². The van der Waals surface area contributed by atoms with Crippen molar-refractivity contribution in [1.82, 2.24) is 10.3 Å². The van der Waals surface area contributed by atoms with Crippen LogP contribution in [0.1, 0.15) is 17.4 Å². The van der Waals surface area contributed by atoms with Crippen molar-refractivity contribution in [3.05, 3.63) is 54.2 Å². The van der Waals surface area contributed by atoms with Gasteiger partial charge >= 0.3 is 0 Å². The molecule has 2 aromatic rings. The van der Waals surface area contributed by atoms with Crippen LogP contribution < -0.4 is 5.32 Å². The molecule has 0 aliphatic rings. The zero-order chi connectivity index (χ0) is 11.2. The number of furan rings is 1. The molecule has 16 heavy (non-hydrogen) atoms. The lowest BCUT2D eigenvalue weighted by Crippen LogP contribution is -2.19. The molecule has 1 atom stereocenters. The second kappa shape index (κ2) is 5.10. The van der Waals surface area contributed by atoms with E-state index in [1.165, 1.54) is 0 Å². The largest absolute Gasteiger partial charge is 0.468 e. The summed E-state index contributed by atoms with van der Waals surface area (Å²) in [6.45, 7) is 0.535. The lowest BCUT2D eigenvalue weighted by molar-refractivity contribution is 0.473. The van der Waals surface area contributed by atoms with Crippen LogP contribution in [-0.4, -0.2) is 4.98 Å². The van der Waals surface area contributed by atoms with Gasteiger partial charge in [0.25, 0.3) is 0 Å². The second-order valence-electron chi connectivity index (χ2n) is 3.30. The van der Waals surface area contributed by atoms with Crippen LogP contribution >= 0.6 is 0 Å². The molecule has 80 valence electrons. The summed E-state index contributed by atoms with van der Waals surface area (Å²) in [6.07, 6.45) is 4.97. The Hall–Kier alpha value is -2.12. The van der Waals surface area contributed by atoms with Crippen molar-refractivity contribution < 1.29 is 4.42 Å². The molecule has 2 aromatic heterocycles. The van der Waals surface area contributed by atoms with Crippen molar-refractivity contribution in [3.8, 4) is 6.07 Å². The minimum atomic E-state index is -0.340. The predicted molar refractivity (Wildman–Crippen MR) is 58.1 cm³/mol. The molecule has 0 radical (unpaired) electrons. The summed E-state index contributed by atoms with van der Waals surface area (Å²) in [6, 6.07) is 9.20. The number of hydrogen-bond acceptors (Lipinski definition) is 4. The van der Waals surface area contributed by atoms with Crippen molar-refractivity contribution in [2.45, 2.75) is 12.6 Å². The summed E-state index contributed by atoms with van der Waals surface area (Å²) in [7, 11) is 0. The molecular weight excluding hydrogens is 202 g/mol. The zero-order valence-electron chi connectivity index (χ0n) is 8.63. The summed E-state index contributed by atoms with van der Waals surface area (Å²) < 4.78 is 5.18. The number of nitrogens with zero attached hydrogens (tertiary/aromatic N) is 2. The molecule has 0 aliphatic heterocycles. The number of nitrogens with one attached hydrogen (secondary N) is 1. The maximum atomic E-state index is 9.04. The van der Waals surface area contributed by atoms with E-state index in [1.807, 2.05) is 24.3 Å². The molecule has 0 spiro atoms. The van der Waals surface area contributed by atoms with Gasteiger partial charge in [0.05, 0.1) is 18.9 Å². The molecule has 2 heterocycles. The Balaban J connectivity index is 2.00. The smallest absolute Gasteiger partial charge is 0.121 e. The molecule has 0 saturated heterocycles. The van der Waals surface area contributed by atoms with Crippen LogP contribution in [0.25, 0.3) is 0 Å². The molecule has 0 aliphatic carbocycles. The Bertz CT molecular complexity index is 459. The predicted octanol–water partition coefficient (Wildman–Crippen LogP) is 2.03. The van der Waals surface area contributed by atoms with E-state index < -0.39 is 0 Å². The average molecular weight is 213 g/mol. The highest BCUT2D eigenvalue weighted by Gasteiger charge is 2.09. The Labute approximate surface area is 93.5 Å². The van der Waals surface area contributed by atoms with E-state index in [1.54, 1.807) is 18.7 Å². The van der Waals surface area contributed by atoms with Crippen molar-refractivity contribution in [3.63, 3.8) is 0 Å². The van der Waals surface area contributed by atoms with Crippen molar-refractivity contribution in [2.24, 2.45) is 0 Å². The summed E-state index contributed by atoms with van der Waals surface area (Å²) in [5.41, 5.74) is 0.907. The normalized spacial score (nSPS) is 11.9. The first-order valence-electron chi connectivity index (χ1n) is 4.95. The van der Waals surface area contributed by atoms with Gasteiger partial charge in [0.2, 0.25) is 0 Å². The van der Waals surface area contributed by atoms with Crippen LogP contribution in [0.3, 0.4) is 0 Å². The van der Waals surface area contributed by atoms with E-state index in [0.29, 0.717) is 6.54 Å². The van der Waals surface area contributed by atoms with E-state index in [9.17, 15) is 0 Å². The van der Waals surface area contributed by atoms with Crippen LogP contribution in [-0.2, 0) is 6.54 Å². The highest BCUT2D eigenvalue weighted by Crippen LogP contribution is 2.11. The summed E-state index contributed by atoms with van der Waals surface area (Å²) >= 11 is 0. The molecular formula is C12H11N3O. The third kappa shape index (κ3) is 2.47. The summed E-state index contributed by atoms with van der Waals surface area (Å²) in [4.78, 5) is 3.92. The molecule has 4 nitrogen and oxygen atoms in total. The maximum absolute atomic E-state index is 9.04. The molecule has 0 saturated carbocycles. The van der Waals surface area contributed by atoms with Gasteiger partial charge in [-0.05, 0) is 29.8 Å². The van der Waals surface area contributed by atoms with Gasteiger partial charge < -0.3 is 4.42 Å². The first kappa shape index (κ1) is 10.4. The lowest BCUT2D eigenvalue weighted by atomic mass is 10.1. The van der Waals surface area contributed by atoms with Gasteiger partial charge in [-0.25, -0.2) is 0 Å². The molecule has 1 N–H and O–H groups in total. The highest BCUT2D eigenvalue weighted by molar-refractivity contribution is 5.21. The SMILES string of the molecule is N#CC(NCc1ccco1)c1ccncc1. The Morgan fingerprint density at radius 3 is 2.81 bits per heavy atom. The number of pyridine rings is 1. The van der Waals surface area contributed by atoms with Gasteiger partial charge in [0.15, 0.2) is 0 Å². The maximum Gasteiger partial charge on any atom is 0.121 e. The fourth-order valence-corrected chi connectivity index (χ4v) is 1.41. The molecule has 2 rings (SSSR count). The number of aromatic nitrogens is 1. The molecule has 0 fully saturated rings. The zero-order valence-corrected chi connectivity index (χ0v) is 8.63. The van der Waals surface area contributed by atoms with Crippen molar-refractivity contribution in [2.75, 3.05) is 0 Å². The lowest BCUT2D eigenvalue weighted by Gasteiger charge is -2.09. The minimum Gasteiger partial charge on any atom is -0.468 e. The fraction of sp³-hybridized carbons (Fsp3) is 0.167. The van der Waals surface area contributed by atoms with Crippen LogP contribution in [0, 0.1) is 11.3 Å². The molecule has 1 unspecified atom stereocenters. The van der Waals surface area contributed by atoms with Crippen LogP contribution in [0.2, 0.25) is 0 Å². The van der Waals surface area contributed by atoms with Gasteiger partial charge in [0, 0.05) is 12.4 Å². The molecule has 0 bridgehead atoms. The third-order valence-corrected chi connectivity index (χ3v) is 2.23. The van der Waals surface area contributed by atoms with Crippen molar-refractivity contribution >= 4 is 0 Å². The van der Waals surface area contributed by atoms with Crippen molar-refractivity contribution in [1.29, 1.82) is 5.26 Å². The number of nitriles is 1. The fourth-order valence-electron chi connectivity index (χ4n) is 1.41. The first-order valence-corrected chi connectivity index (χ1v) is 4.95. The van der Waals surface area contributed by atoms with E-state index in [2.05, 4.69) is 16.4 Å². The van der Waals surface area contributed by atoms with E-state index in [0.717, 1.165) is 11.3 Å². The first-order chi connectivity index (χ1) is 7.90. The van der Waals surface area contributed by atoms with E-state index >= 15 is 0 Å².